The zero-order valence-corrected chi connectivity index (χ0v) is 54.6. The van der Waals surface area contributed by atoms with Gasteiger partial charge in [-0.1, -0.05) is 236 Å². The Bertz CT molecular complexity index is 4250. The number of anilines is 4. The van der Waals surface area contributed by atoms with Gasteiger partial charge in [-0.3, -0.25) is 0 Å². The van der Waals surface area contributed by atoms with Crippen LogP contribution in [0.25, 0.3) is 49.9 Å². The summed E-state index contributed by atoms with van der Waals surface area (Å²) < 4.78 is 9.55. The summed E-state index contributed by atoms with van der Waals surface area (Å²) in [7, 11) is 0. The fraction of sp³-hybridized carbons (Fsp3) is 0.250. The molecular formula is C80H79N4OPt-3. The molecule has 0 atom stereocenters. The normalized spacial score (nSPS) is 13.0. The number of pyridine rings is 1. The summed E-state index contributed by atoms with van der Waals surface area (Å²) in [6, 6.07) is 81.1. The molecule has 0 aliphatic carbocycles. The first-order valence-electron chi connectivity index (χ1n) is 30.3. The van der Waals surface area contributed by atoms with Gasteiger partial charge in [0.2, 0.25) is 0 Å². The quantitative estimate of drug-likeness (QED) is 0.108. The van der Waals surface area contributed by atoms with Crippen molar-refractivity contribution in [1.82, 2.24) is 9.55 Å². The number of benzene rings is 9. The number of hydrogen-bond acceptors (Lipinski definition) is 4. The molecule has 11 aromatic rings. The van der Waals surface area contributed by atoms with Gasteiger partial charge in [-0.05, 0) is 132 Å². The summed E-state index contributed by atoms with van der Waals surface area (Å²) in [6.07, 6.45) is 1.94. The van der Waals surface area contributed by atoms with Crippen LogP contribution in [0.4, 0.5) is 22.7 Å². The molecule has 0 fully saturated rings. The van der Waals surface area contributed by atoms with Crippen molar-refractivity contribution in [3.8, 4) is 39.6 Å². The SMILES string of the molecule is CC(C)c1cccc(C(C)C)c1-c1cc(Oc2[c-]c3c(cc2)c2cc(C(C)(C)c4ccccc4)ccc2n3-c2cc(C(C)(C)C)ccn2)[c-]c(N2[CH-]N(c3cc(-c4ccccc4)cc(C(C)(C)c4ccccc4)c3)c3ccc(C(C)(C)C)cc32)c1.[Pt]. The Kier molecular flexibility index (Phi) is 16.0. The molecule has 438 valence electrons. The summed E-state index contributed by atoms with van der Waals surface area (Å²) in [5.41, 5.74) is 20.0. The summed E-state index contributed by atoms with van der Waals surface area (Å²) >= 11 is 0. The van der Waals surface area contributed by atoms with E-state index in [4.69, 9.17) is 9.72 Å². The van der Waals surface area contributed by atoms with E-state index in [1.807, 2.05) is 6.20 Å². The molecule has 1 aliphatic heterocycles. The second kappa shape index (κ2) is 23.0. The third-order valence-corrected chi connectivity index (χ3v) is 17.8. The fourth-order valence-electron chi connectivity index (χ4n) is 12.5. The van der Waals surface area contributed by atoms with Crippen LogP contribution < -0.4 is 14.5 Å². The molecule has 1 aliphatic rings. The van der Waals surface area contributed by atoms with Crippen molar-refractivity contribution in [2.45, 2.75) is 130 Å². The van der Waals surface area contributed by atoms with E-state index in [2.05, 4.69) is 330 Å². The maximum absolute atomic E-state index is 7.29. The second-order valence-electron chi connectivity index (χ2n) is 27.1. The summed E-state index contributed by atoms with van der Waals surface area (Å²) in [5, 5.41) is 2.21. The Morgan fingerprint density at radius 2 is 1.05 bits per heavy atom. The van der Waals surface area contributed by atoms with Crippen molar-refractivity contribution >= 4 is 44.6 Å². The van der Waals surface area contributed by atoms with Gasteiger partial charge in [0, 0.05) is 72.2 Å². The minimum absolute atomic E-state index is 0. The molecular weight excluding hydrogens is 1230 g/mol. The predicted octanol–water partition coefficient (Wildman–Crippen LogP) is 21.8. The molecule has 12 rings (SSSR count). The van der Waals surface area contributed by atoms with E-state index in [0.717, 1.165) is 61.5 Å². The summed E-state index contributed by atoms with van der Waals surface area (Å²) in [4.78, 5) is 9.78. The van der Waals surface area contributed by atoms with E-state index in [9.17, 15) is 0 Å². The first-order valence-corrected chi connectivity index (χ1v) is 30.3. The van der Waals surface area contributed by atoms with Crippen LogP contribution in [0.1, 0.15) is 153 Å². The van der Waals surface area contributed by atoms with Crippen LogP contribution in [-0.2, 0) is 42.7 Å². The Hall–Kier alpha value is -7.98. The van der Waals surface area contributed by atoms with Gasteiger partial charge in [0.25, 0.3) is 0 Å². The van der Waals surface area contributed by atoms with Crippen molar-refractivity contribution in [3.05, 3.63) is 270 Å². The Morgan fingerprint density at radius 1 is 0.442 bits per heavy atom. The van der Waals surface area contributed by atoms with E-state index in [0.29, 0.717) is 11.5 Å². The predicted molar refractivity (Wildman–Crippen MR) is 358 cm³/mol. The third kappa shape index (κ3) is 11.2. The molecule has 86 heavy (non-hydrogen) atoms. The minimum atomic E-state index is -0.297. The molecule has 0 amide bonds. The van der Waals surface area contributed by atoms with Gasteiger partial charge < -0.3 is 19.1 Å². The number of hydrogen-bond donors (Lipinski definition) is 0. The van der Waals surface area contributed by atoms with Crippen molar-refractivity contribution in [1.29, 1.82) is 0 Å². The third-order valence-electron chi connectivity index (χ3n) is 17.8. The van der Waals surface area contributed by atoms with Crippen LogP contribution in [0, 0.1) is 18.8 Å². The maximum Gasteiger partial charge on any atom is 0.135 e. The van der Waals surface area contributed by atoms with E-state index in [-0.39, 0.29) is 54.6 Å². The molecule has 2 aromatic heterocycles. The zero-order chi connectivity index (χ0) is 59.7. The standard InChI is InChI=1S/C80H79N4O.Pt/c1-52(2)67-31-24-32-68(53(3)4)76(67)56-43-64(83-51-82(72-38-33-59(47-74(72)83)77(5,6)7)63-42-55(54-25-18-15-19-26-54)41-62(45-63)80(13,14)58-29-22-17-23-30-58)49-66(44-56)85-65-35-36-69-70-46-61(79(11,12)57-27-20-16-21-28-57)34-37-71(70)84(73(69)50-65)75-48-60(39-40-81-75)78(8,9)10;/h15-48,51-53H,1-14H3;/q-3;. The molecule has 0 bridgehead atoms. The largest absolute Gasteiger partial charge is 0.509 e. The zero-order valence-electron chi connectivity index (χ0n) is 52.4. The van der Waals surface area contributed by atoms with Crippen LogP contribution >= 0.6 is 0 Å². The Balaban J connectivity index is 0.00000768. The average Bonchev–Trinajstić information content (AvgIpc) is 1.68. The van der Waals surface area contributed by atoms with Gasteiger partial charge in [0.05, 0.1) is 0 Å². The molecule has 3 heterocycles. The summed E-state index contributed by atoms with van der Waals surface area (Å²) in [6.45, 7) is 34.4. The van der Waals surface area contributed by atoms with Crippen LogP contribution in [0.15, 0.2) is 206 Å². The number of aromatic nitrogens is 2. The first kappa shape index (κ1) is 59.7. The van der Waals surface area contributed by atoms with E-state index < -0.39 is 0 Å². The van der Waals surface area contributed by atoms with Crippen LogP contribution in [0.2, 0.25) is 0 Å². The van der Waals surface area contributed by atoms with Crippen LogP contribution in [-0.4, -0.2) is 9.55 Å². The van der Waals surface area contributed by atoms with Crippen molar-refractivity contribution in [2.75, 3.05) is 9.80 Å². The molecule has 9 aromatic carbocycles. The van der Waals surface area contributed by atoms with Gasteiger partial charge in [0.1, 0.15) is 5.82 Å². The smallest absolute Gasteiger partial charge is 0.135 e. The Labute approximate surface area is 526 Å². The second-order valence-corrected chi connectivity index (χ2v) is 27.1. The van der Waals surface area contributed by atoms with Crippen LogP contribution in [0.5, 0.6) is 11.5 Å². The van der Waals surface area contributed by atoms with Gasteiger partial charge in [-0.25, -0.2) is 4.98 Å². The number of fused-ring (bicyclic) bond motifs is 4. The van der Waals surface area contributed by atoms with Crippen molar-refractivity contribution < 1.29 is 25.8 Å². The number of ether oxygens (including phenoxy) is 1. The monoisotopic (exact) mass is 1310 g/mol. The molecule has 0 saturated heterocycles. The van der Waals surface area contributed by atoms with Gasteiger partial charge >= 0.3 is 0 Å². The maximum atomic E-state index is 7.29. The molecule has 6 heteroatoms. The van der Waals surface area contributed by atoms with Crippen LogP contribution in [0.3, 0.4) is 0 Å². The molecule has 0 N–H and O–H groups in total. The van der Waals surface area contributed by atoms with Gasteiger partial charge in [0.15, 0.2) is 0 Å². The fourth-order valence-corrected chi connectivity index (χ4v) is 12.5. The number of nitrogens with zero attached hydrogens (tertiary/aromatic N) is 4. The molecule has 5 nitrogen and oxygen atoms in total. The van der Waals surface area contributed by atoms with Gasteiger partial charge in [-0.2, -0.15) is 6.07 Å². The Morgan fingerprint density at radius 3 is 1.67 bits per heavy atom. The molecule has 0 spiro atoms. The van der Waals surface area contributed by atoms with E-state index in [1.54, 1.807) is 0 Å². The summed E-state index contributed by atoms with van der Waals surface area (Å²) in [5.74, 6) is 2.55. The molecule has 0 unspecified atom stereocenters. The first-order chi connectivity index (χ1) is 40.5. The van der Waals surface area contributed by atoms with E-state index in [1.165, 1.54) is 55.6 Å². The van der Waals surface area contributed by atoms with Crippen molar-refractivity contribution in [3.63, 3.8) is 0 Å². The van der Waals surface area contributed by atoms with E-state index >= 15 is 0 Å². The number of rotatable bonds is 13. The minimum Gasteiger partial charge on any atom is -0.509 e. The van der Waals surface area contributed by atoms with Gasteiger partial charge in [-0.15, -0.1) is 53.6 Å². The van der Waals surface area contributed by atoms with Crippen molar-refractivity contribution in [2.24, 2.45) is 0 Å². The molecule has 0 radical (unpaired) electrons. The molecule has 0 saturated carbocycles. The topological polar surface area (TPSA) is 33.5 Å². The average molecular weight is 1310 g/mol.